The summed E-state index contributed by atoms with van der Waals surface area (Å²) in [6.07, 6.45) is 2.08. The van der Waals surface area contributed by atoms with Gasteiger partial charge in [0.05, 0.1) is 24.6 Å². The Bertz CT molecular complexity index is 770. The van der Waals surface area contributed by atoms with Crippen LogP contribution in [0.3, 0.4) is 0 Å². The number of methoxy groups -OCH3 is 1. The number of esters is 1. The van der Waals surface area contributed by atoms with E-state index in [1.165, 1.54) is 19.4 Å². The number of amides is 2. The summed E-state index contributed by atoms with van der Waals surface area (Å²) < 4.78 is 9.83. The van der Waals surface area contributed by atoms with Crippen molar-refractivity contribution in [3.63, 3.8) is 0 Å². The van der Waals surface area contributed by atoms with E-state index in [0.717, 1.165) is 0 Å². The van der Waals surface area contributed by atoms with Gasteiger partial charge in [-0.3, -0.25) is 9.59 Å². The van der Waals surface area contributed by atoms with Gasteiger partial charge in [0.15, 0.2) is 5.76 Å². The van der Waals surface area contributed by atoms with Gasteiger partial charge >= 0.3 is 5.97 Å². The molecular weight excluding hydrogens is 336 g/mol. The monoisotopic (exact) mass is 358 g/mol. The Hall–Kier alpha value is -3.09. The highest BCUT2D eigenvalue weighted by atomic mass is 16.5. The highest BCUT2D eigenvalue weighted by Crippen LogP contribution is 2.18. The molecule has 0 aliphatic carbocycles. The van der Waals surface area contributed by atoms with Crippen molar-refractivity contribution < 1.29 is 23.5 Å². The van der Waals surface area contributed by atoms with Crippen LogP contribution in [0.2, 0.25) is 0 Å². The number of anilines is 1. The summed E-state index contributed by atoms with van der Waals surface area (Å²) in [5.74, 6) is -1.42. The van der Waals surface area contributed by atoms with Crippen LogP contribution in [-0.4, -0.2) is 30.9 Å². The van der Waals surface area contributed by atoms with E-state index in [1.54, 1.807) is 30.3 Å². The van der Waals surface area contributed by atoms with Gasteiger partial charge in [0.25, 0.3) is 11.8 Å². The van der Waals surface area contributed by atoms with Crippen molar-refractivity contribution >= 4 is 23.5 Å². The van der Waals surface area contributed by atoms with Crippen molar-refractivity contribution in [3.05, 3.63) is 54.0 Å². The van der Waals surface area contributed by atoms with Crippen LogP contribution >= 0.6 is 0 Å². The van der Waals surface area contributed by atoms with E-state index < -0.39 is 23.8 Å². The molecule has 2 aromatic rings. The van der Waals surface area contributed by atoms with E-state index >= 15 is 0 Å². The van der Waals surface area contributed by atoms with Gasteiger partial charge in [0.2, 0.25) is 0 Å². The predicted octanol–water partition coefficient (Wildman–Crippen LogP) is 2.85. The molecule has 1 aromatic carbocycles. The zero-order valence-corrected chi connectivity index (χ0v) is 14.9. The van der Waals surface area contributed by atoms with Gasteiger partial charge < -0.3 is 19.8 Å². The quantitative estimate of drug-likeness (QED) is 0.742. The van der Waals surface area contributed by atoms with Crippen LogP contribution in [0, 0.1) is 5.92 Å². The molecule has 7 nitrogen and oxygen atoms in total. The first kappa shape index (κ1) is 19.2. The number of para-hydroxylation sites is 1. The van der Waals surface area contributed by atoms with Gasteiger partial charge in [-0.05, 0) is 30.2 Å². The second-order valence-electron chi connectivity index (χ2n) is 5.84. The molecule has 0 radical (unpaired) electrons. The van der Waals surface area contributed by atoms with Crippen molar-refractivity contribution in [1.29, 1.82) is 0 Å². The van der Waals surface area contributed by atoms with Crippen molar-refractivity contribution in [3.8, 4) is 0 Å². The SMILES string of the molecule is CC[C@H](C)[C@@H](NC(=O)c1ccccc1NC(=O)c1ccco1)C(=O)OC. The van der Waals surface area contributed by atoms with Gasteiger partial charge in [-0.1, -0.05) is 32.4 Å². The fourth-order valence-electron chi connectivity index (χ4n) is 2.40. The van der Waals surface area contributed by atoms with Crippen molar-refractivity contribution in [2.24, 2.45) is 5.92 Å². The van der Waals surface area contributed by atoms with Gasteiger partial charge in [-0.25, -0.2) is 4.79 Å². The fraction of sp³-hybridized carbons (Fsp3) is 0.316. The maximum atomic E-state index is 12.7. The van der Waals surface area contributed by atoms with Crippen LogP contribution in [0.4, 0.5) is 5.69 Å². The molecule has 2 atom stereocenters. The summed E-state index contributed by atoms with van der Waals surface area (Å²) in [5.41, 5.74) is 0.559. The van der Waals surface area contributed by atoms with Crippen LogP contribution in [0.5, 0.6) is 0 Å². The Balaban J connectivity index is 2.20. The second kappa shape index (κ2) is 8.84. The average molecular weight is 358 g/mol. The van der Waals surface area contributed by atoms with Gasteiger partial charge in [-0.15, -0.1) is 0 Å². The summed E-state index contributed by atoms with van der Waals surface area (Å²) in [6, 6.07) is 8.89. The van der Waals surface area contributed by atoms with E-state index in [0.29, 0.717) is 12.1 Å². The van der Waals surface area contributed by atoms with Crippen molar-refractivity contribution in [2.45, 2.75) is 26.3 Å². The number of carbonyl (C=O) groups is 3. The standard InChI is InChI=1S/C19H22N2O5/c1-4-12(2)16(19(24)25-3)21-17(22)13-8-5-6-9-14(13)20-18(23)15-10-7-11-26-15/h5-12,16H,4H2,1-3H3,(H,20,23)(H,21,22)/t12-,16+/m0/s1. The summed E-state index contributed by atoms with van der Waals surface area (Å²) in [4.78, 5) is 36.8. The molecule has 138 valence electrons. The number of nitrogens with one attached hydrogen (secondary N) is 2. The minimum atomic E-state index is -0.772. The predicted molar refractivity (Wildman–Crippen MR) is 95.8 cm³/mol. The van der Waals surface area contributed by atoms with Crippen LogP contribution in [0.1, 0.15) is 41.2 Å². The molecular formula is C19H22N2O5. The van der Waals surface area contributed by atoms with Crippen LogP contribution in [-0.2, 0) is 9.53 Å². The highest BCUT2D eigenvalue weighted by Gasteiger charge is 2.28. The van der Waals surface area contributed by atoms with E-state index in [2.05, 4.69) is 10.6 Å². The summed E-state index contributed by atoms with van der Waals surface area (Å²) >= 11 is 0. The number of furan rings is 1. The zero-order chi connectivity index (χ0) is 19.1. The molecule has 26 heavy (non-hydrogen) atoms. The summed E-state index contributed by atoms with van der Waals surface area (Å²) in [7, 11) is 1.28. The minimum Gasteiger partial charge on any atom is -0.467 e. The van der Waals surface area contributed by atoms with Crippen LogP contribution < -0.4 is 10.6 Å². The smallest absolute Gasteiger partial charge is 0.328 e. The number of rotatable bonds is 7. The third-order valence-corrected chi connectivity index (χ3v) is 4.12. The molecule has 0 fully saturated rings. The lowest BCUT2D eigenvalue weighted by Gasteiger charge is -2.22. The van der Waals surface area contributed by atoms with Crippen LogP contribution in [0.15, 0.2) is 47.1 Å². The lowest BCUT2D eigenvalue weighted by molar-refractivity contribution is -0.144. The molecule has 0 bridgehead atoms. The first-order valence-electron chi connectivity index (χ1n) is 8.30. The molecule has 0 unspecified atom stereocenters. The first-order valence-corrected chi connectivity index (χ1v) is 8.30. The molecule has 1 aromatic heterocycles. The Morgan fingerprint density at radius 3 is 2.46 bits per heavy atom. The molecule has 2 N–H and O–H groups in total. The highest BCUT2D eigenvalue weighted by molar-refractivity contribution is 6.08. The molecule has 2 rings (SSSR count). The molecule has 0 saturated carbocycles. The van der Waals surface area contributed by atoms with Gasteiger partial charge in [-0.2, -0.15) is 0 Å². The number of hydrogen-bond donors (Lipinski definition) is 2. The lowest BCUT2D eigenvalue weighted by atomic mass is 9.98. The second-order valence-corrected chi connectivity index (χ2v) is 5.84. The molecule has 0 saturated heterocycles. The first-order chi connectivity index (χ1) is 12.5. The van der Waals surface area contributed by atoms with E-state index in [9.17, 15) is 14.4 Å². The Labute approximate surface area is 151 Å². The van der Waals surface area contributed by atoms with Crippen molar-refractivity contribution in [2.75, 3.05) is 12.4 Å². The molecule has 0 aliphatic rings. The normalized spacial score (nSPS) is 12.7. The molecule has 0 aliphatic heterocycles. The van der Waals surface area contributed by atoms with Crippen LogP contribution in [0.25, 0.3) is 0 Å². The minimum absolute atomic E-state index is 0.101. The Kier molecular flexibility index (Phi) is 6.54. The summed E-state index contributed by atoms with van der Waals surface area (Å²) in [6.45, 7) is 3.77. The third-order valence-electron chi connectivity index (χ3n) is 4.12. The molecule has 0 spiro atoms. The molecule has 2 amide bonds. The number of carbonyl (C=O) groups excluding carboxylic acids is 3. The average Bonchev–Trinajstić information content (AvgIpc) is 3.20. The van der Waals surface area contributed by atoms with Gasteiger partial charge in [0.1, 0.15) is 6.04 Å². The molecule has 1 heterocycles. The topological polar surface area (TPSA) is 97.6 Å². The number of benzene rings is 1. The maximum absolute atomic E-state index is 12.7. The lowest BCUT2D eigenvalue weighted by Crippen LogP contribution is -2.45. The Morgan fingerprint density at radius 2 is 1.85 bits per heavy atom. The van der Waals surface area contributed by atoms with Gasteiger partial charge in [0, 0.05) is 0 Å². The van der Waals surface area contributed by atoms with E-state index in [-0.39, 0.29) is 17.2 Å². The maximum Gasteiger partial charge on any atom is 0.328 e. The van der Waals surface area contributed by atoms with E-state index in [4.69, 9.17) is 9.15 Å². The summed E-state index contributed by atoms with van der Waals surface area (Å²) in [5, 5.41) is 5.34. The number of hydrogen-bond acceptors (Lipinski definition) is 5. The largest absolute Gasteiger partial charge is 0.467 e. The Morgan fingerprint density at radius 1 is 1.12 bits per heavy atom. The zero-order valence-electron chi connectivity index (χ0n) is 14.9. The number of ether oxygens (including phenoxy) is 1. The van der Waals surface area contributed by atoms with E-state index in [1.807, 2.05) is 13.8 Å². The third kappa shape index (κ3) is 4.50. The van der Waals surface area contributed by atoms with Crippen molar-refractivity contribution in [1.82, 2.24) is 5.32 Å². The fourth-order valence-corrected chi connectivity index (χ4v) is 2.40. The molecule has 7 heteroatoms.